The fourth-order valence-electron chi connectivity index (χ4n) is 1.63. The molecular weight excluding hydrogens is 270 g/mol. The zero-order chi connectivity index (χ0) is 15.3. The monoisotopic (exact) mass is 291 g/mol. The first-order valence-electron chi connectivity index (χ1n) is 6.81. The number of hydrogen-bond donors (Lipinski definition) is 2. The Hall–Kier alpha value is -2.10. The van der Waals surface area contributed by atoms with Crippen LogP contribution >= 0.6 is 0 Å². The second-order valence-corrected chi connectivity index (χ2v) is 4.36. The molecule has 0 saturated heterocycles. The lowest BCUT2D eigenvalue weighted by atomic mass is 10.2. The molecule has 0 aliphatic rings. The molecule has 0 fully saturated rings. The van der Waals surface area contributed by atoms with Gasteiger partial charge in [-0.2, -0.15) is 5.26 Å². The Labute approximate surface area is 125 Å². The molecule has 1 aromatic carbocycles. The molecule has 1 amide bonds. The Bertz CT molecular complexity index is 454. The SMILES string of the molecule is COCCNC(=O)CCNCc1ccc(OCC#N)cc1. The molecule has 0 aliphatic carbocycles. The van der Waals surface area contributed by atoms with E-state index in [1.165, 1.54) is 0 Å². The summed E-state index contributed by atoms with van der Waals surface area (Å²) in [6, 6.07) is 9.43. The summed E-state index contributed by atoms with van der Waals surface area (Å²) in [6.45, 7) is 2.42. The summed E-state index contributed by atoms with van der Waals surface area (Å²) in [7, 11) is 1.60. The van der Waals surface area contributed by atoms with Gasteiger partial charge in [0, 0.05) is 33.2 Å². The fraction of sp³-hybridized carbons (Fsp3) is 0.467. The van der Waals surface area contributed by atoms with Gasteiger partial charge >= 0.3 is 0 Å². The highest BCUT2D eigenvalue weighted by molar-refractivity contribution is 5.76. The van der Waals surface area contributed by atoms with E-state index in [2.05, 4.69) is 10.6 Å². The highest BCUT2D eigenvalue weighted by Crippen LogP contribution is 2.11. The lowest BCUT2D eigenvalue weighted by Crippen LogP contribution is -2.29. The number of rotatable bonds is 10. The van der Waals surface area contributed by atoms with E-state index in [1.807, 2.05) is 30.3 Å². The van der Waals surface area contributed by atoms with Gasteiger partial charge in [0.1, 0.15) is 11.8 Å². The number of hydrogen-bond acceptors (Lipinski definition) is 5. The van der Waals surface area contributed by atoms with Crippen LogP contribution in [0.2, 0.25) is 0 Å². The van der Waals surface area contributed by atoms with E-state index in [0.717, 1.165) is 5.56 Å². The summed E-state index contributed by atoms with van der Waals surface area (Å²) >= 11 is 0. The first kappa shape index (κ1) is 17.0. The summed E-state index contributed by atoms with van der Waals surface area (Å²) in [5.74, 6) is 0.692. The number of carbonyl (C=O) groups is 1. The number of carbonyl (C=O) groups excluding carboxylic acids is 1. The summed E-state index contributed by atoms with van der Waals surface area (Å²) in [4.78, 5) is 11.4. The van der Waals surface area contributed by atoms with E-state index in [4.69, 9.17) is 14.7 Å². The Balaban J connectivity index is 2.15. The van der Waals surface area contributed by atoms with Crippen molar-refractivity contribution in [1.29, 1.82) is 5.26 Å². The maximum Gasteiger partial charge on any atom is 0.221 e. The van der Waals surface area contributed by atoms with Crippen molar-refractivity contribution in [2.75, 3.05) is 33.4 Å². The molecule has 0 atom stereocenters. The Morgan fingerprint density at radius 3 is 2.71 bits per heavy atom. The minimum atomic E-state index is 0.0137. The van der Waals surface area contributed by atoms with Crippen LogP contribution in [-0.2, 0) is 16.1 Å². The zero-order valence-electron chi connectivity index (χ0n) is 12.2. The van der Waals surface area contributed by atoms with Crippen molar-refractivity contribution >= 4 is 5.91 Å². The summed E-state index contributed by atoms with van der Waals surface area (Å²) in [6.07, 6.45) is 0.438. The van der Waals surface area contributed by atoms with Crippen molar-refractivity contribution in [3.8, 4) is 11.8 Å². The molecule has 114 valence electrons. The summed E-state index contributed by atoms with van der Waals surface area (Å²) in [5, 5.41) is 14.4. The van der Waals surface area contributed by atoms with Crippen molar-refractivity contribution in [3.63, 3.8) is 0 Å². The van der Waals surface area contributed by atoms with Crippen molar-refractivity contribution < 1.29 is 14.3 Å². The van der Waals surface area contributed by atoms with Crippen LogP contribution in [0.25, 0.3) is 0 Å². The number of nitrogens with zero attached hydrogens (tertiary/aromatic N) is 1. The van der Waals surface area contributed by atoms with Crippen molar-refractivity contribution in [1.82, 2.24) is 10.6 Å². The normalized spacial score (nSPS) is 9.90. The van der Waals surface area contributed by atoms with Crippen molar-refractivity contribution in [2.24, 2.45) is 0 Å². The predicted octanol–water partition coefficient (Wildman–Crippen LogP) is 0.831. The van der Waals surface area contributed by atoms with E-state index in [-0.39, 0.29) is 12.5 Å². The second kappa shape index (κ2) is 10.7. The average Bonchev–Trinajstić information content (AvgIpc) is 2.51. The maximum atomic E-state index is 11.4. The van der Waals surface area contributed by atoms with Crippen LogP contribution in [0.1, 0.15) is 12.0 Å². The Kier molecular flexibility index (Phi) is 8.61. The van der Waals surface area contributed by atoms with E-state index in [0.29, 0.717) is 38.4 Å². The molecule has 0 radical (unpaired) electrons. The molecule has 0 saturated carbocycles. The Morgan fingerprint density at radius 2 is 2.05 bits per heavy atom. The van der Waals surface area contributed by atoms with Crippen LogP contribution in [0, 0.1) is 11.3 Å². The van der Waals surface area contributed by atoms with Gasteiger partial charge in [-0.15, -0.1) is 0 Å². The smallest absolute Gasteiger partial charge is 0.221 e. The lowest BCUT2D eigenvalue weighted by molar-refractivity contribution is -0.121. The van der Waals surface area contributed by atoms with E-state index in [1.54, 1.807) is 7.11 Å². The number of nitriles is 1. The molecule has 2 N–H and O–H groups in total. The van der Waals surface area contributed by atoms with Crippen molar-refractivity contribution in [2.45, 2.75) is 13.0 Å². The van der Waals surface area contributed by atoms with Gasteiger partial charge < -0.3 is 20.1 Å². The second-order valence-electron chi connectivity index (χ2n) is 4.36. The van der Waals surface area contributed by atoms with Gasteiger partial charge in [-0.1, -0.05) is 12.1 Å². The Morgan fingerprint density at radius 1 is 1.29 bits per heavy atom. The van der Waals surface area contributed by atoms with Gasteiger partial charge in [-0.3, -0.25) is 4.79 Å². The lowest BCUT2D eigenvalue weighted by Gasteiger charge is -2.07. The number of benzene rings is 1. The molecule has 0 unspecified atom stereocenters. The van der Waals surface area contributed by atoms with Gasteiger partial charge in [-0.25, -0.2) is 0 Å². The standard InChI is InChI=1S/C15H21N3O3/c1-20-11-9-18-15(19)6-8-17-12-13-2-4-14(5-3-13)21-10-7-16/h2-5,17H,6,8-12H2,1H3,(H,18,19). The molecular formula is C15H21N3O3. The van der Waals surface area contributed by atoms with Gasteiger partial charge in [0.25, 0.3) is 0 Å². The zero-order valence-corrected chi connectivity index (χ0v) is 12.2. The molecule has 0 aliphatic heterocycles. The van der Waals surface area contributed by atoms with Gasteiger partial charge in [0.15, 0.2) is 6.61 Å². The first-order valence-corrected chi connectivity index (χ1v) is 6.81. The third-order valence-electron chi connectivity index (χ3n) is 2.71. The van der Waals surface area contributed by atoms with E-state index >= 15 is 0 Å². The molecule has 0 aromatic heterocycles. The third kappa shape index (κ3) is 7.92. The van der Waals surface area contributed by atoms with Gasteiger partial charge in [0.2, 0.25) is 5.91 Å². The van der Waals surface area contributed by atoms with Crippen LogP contribution in [0.5, 0.6) is 5.75 Å². The minimum Gasteiger partial charge on any atom is -0.479 e. The van der Waals surface area contributed by atoms with E-state index < -0.39 is 0 Å². The molecule has 0 spiro atoms. The van der Waals surface area contributed by atoms with E-state index in [9.17, 15) is 4.79 Å². The highest BCUT2D eigenvalue weighted by Gasteiger charge is 2.00. The fourth-order valence-corrected chi connectivity index (χ4v) is 1.63. The van der Waals surface area contributed by atoms with Crippen molar-refractivity contribution in [3.05, 3.63) is 29.8 Å². The van der Waals surface area contributed by atoms with Crippen LogP contribution in [-0.4, -0.2) is 39.3 Å². The molecule has 6 heteroatoms. The molecule has 1 rings (SSSR count). The van der Waals surface area contributed by atoms with Crippen LogP contribution < -0.4 is 15.4 Å². The van der Waals surface area contributed by atoms with Crippen LogP contribution in [0.4, 0.5) is 0 Å². The van der Waals surface area contributed by atoms with Gasteiger partial charge in [-0.05, 0) is 17.7 Å². The highest BCUT2D eigenvalue weighted by atomic mass is 16.5. The number of nitrogens with one attached hydrogen (secondary N) is 2. The topological polar surface area (TPSA) is 83.4 Å². The van der Waals surface area contributed by atoms with Crippen LogP contribution in [0.3, 0.4) is 0 Å². The molecule has 21 heavy (non-hydrogen) atoms. The molecule has 0 heterocycles. The van der Waals surface area contributed by atoms with Gasteiger partial charge in [0.05, 0.1) is 6.61 Å². The maximum absolute atomic E-state index is 11.4. The first-order chi connectivity index (χ1) is 10.3. The number of ether oxygens (including phenoxy) is 2. The number of methoxy groups -OCH3 is 1. The molecule has 1 aromatic rings. The third-order valence-corrected chi connectivity index (χ3v) is 2.71. The largest absolute Gasteiger partial charge is 0.479 e. The van der Waals surface area contributed by atoms with Crippen LogP contribution in [0.15, 0.2) is 24.3 Å². The summed E-state index contributed by atoms with van der Waals surface area (Å²) < 4.78 is 10.0. The average molecular weight is 291 g/mol. The summed E-state index contributed by atoms with van der Waals surface area (Å²) in [5.41, 5.74) is 1.10. The predicted molar refractivity (Wildman–Crippen MR) is 78.8 cm³/mol. The number of amides is 1. The quantitative estimate of drug-likeness (QED) is 0.624. The molecule has 6 nitrogen and oxygen atoms in total. The minimum absolute atomic E-state index is 0.0137. The molecule has 0 bridgehead atoms.